The highest BCUT2D eigenvalue weighted by molar-refractivity contribution is 6.31. The van der Waals surface area contributed by atoms with Crippen molar-refractivity contribution in [2.45, 2.75) is 25.3 Å². The Morgan fingerprint density at radius 3 is 3.00 bits per heavy atom. The monoisotopic (exact) mass is 243 g/mol. The van der Waals surface area contributed by atoms with Gasteiger partial charge in [0.15, 0.2) is 0 Å². The number of methoxy groups -OCH3 is 1. The van der Waals surface area contributed by atoms with Crippen molar-refractivity contribution in [1.29, 1.82) is 0 Å². The van der Waals surface area contributed by atoms with Crippen LogP contribution in [-0.2, 0) is 11.3 Å². The lowest BCUT2D eigenvalue weighted by Gasteiger charge is -2.23. The summed E-state index contributed by atoms with van der Waals surface area (Å²) in [5.74, 6) is 0.535. The number of rotatable bonds is 4. The van der Waals surface area contributed by atoms with Gasteiger partial charge in [0, 0.05) is 13.0 Å². The lowest BCUT2D eigenvalue weighted by molar-refractivity contribution is 0.181. The molecule has 0 radical (unpaired) electrons. The second-order valence-corrected chi connectivity index (χ2v) is 4.53. The van der Waals surface area contributed by atoms with Gasteiger partial charge in [0.05, 0.1) is 30.1 Å². The number of aromatic nitrogens is 2. The van der Waals surface area contributed by atoms with Crippen LogP contribution in [0.25, 0.3) is 0 Å². The molecule has 16 heavy (non-hydrogen) atoms. The Bertz CT molecular complexity index is 334. The molecular weight excluding hydrogens is 226 g/mol. The Kier molecular flexibility index (Phi) is 4.21. The average molecular weight is 244 g/mol. The Balaban J connectivity index is 2.13. The first kappa shape index (κ1) is 11.9. The van der Waals surface area contributed by atoms with E-state index in [0.29, 0.717) is 12.5 Å². The van der Waals surface area contributed by atoms with E-state index in [1.807, 2.05) is 4.68 Å². The van der Waals surface area contributed by atoms with Crippen LogP contribution in [0, 0.1) is 0 Å². The van der Waals surface area contributed by atoms with E-state index in [1.165, 1.54) is 5.69 Å². The standard InChI is InChI=1S/C11H18ClN3O/c1-16-7-6-15-11(10(12)8-14-15)9-2-4-13-5-3-9/h8-9,13H,2-7H2,1H3. The van der Waals surface area contributed by atoms with Crippen LogP contribution in [0.4, 0.5) is 0 Å². The Hall–Kier alpha value is -0.580. The van der Waals surface area contributed by atoms with Crippen LogP contribution in [0.2, 0.25) is 5.02 Å². The quantitative estimate of drug-likeness (QED) is 0.874. The normalized spacial score (nSPS) is 17.9. The zero-order chi connectivity index (χ0) is 11.4. The number of hydrogen-bond donors (Lipinski definition) is 1. The molecule has 1 fully saturated rings. The molecule has 1 aliphatic heterocycles. The van der Waals surface area contributed by atoms with Gasteiger partial charge in [0.2, 0.25) is 0 Å². The number of nitrogens with one attached hydrogen (secondary N) is 1. The second-order valence-electron chi connectivity index (χ2n) is 4.12. The van der Waals surface area contributed by atoms with E-state index >= 15 is 0 Å². The summed E-state index contributed by atoms with van der Waals surface area (Å²) >= 11 is 6.21. The summed E-state index contributed by atoms with van der Waals surface area (Å²) in [6, 6.07) is 0. The van der Waals surface area contributed by atoms with Crippen LogP contribution in [-0.4, -0.2) is 36.6 Å². The molecule has 1 saturated heterocycles. The van der Waals surface area contributed by atoms with Gasteiger partial charge < -0.3 is 10.1 Å². The molecule has 5 heteroatoms. The molecule has 0 aromatic carbocycles. The predicted octanol–water partition coefficient (Wildman–Crippen LogP) is 1.65. The molecule has 0 aliphatic carbocycles. The summed E-state index contributed by atoms with van der Waals surface area (Å²) in [4.78, 5) is 0. The third-order valence-electron chi connectivity index (χ3n) is 3.07. The lowest BCUT2D eigenvalue weighted by Crippen LogP contribution is -2.28. The molecule has 2 rings (SSSR count). The summed E-state index contributed by atoms with van der Waals surface area (Å²) in [6.45, 7) is 3.59. The van der Waals surface area contributed by atoms with E-state index < -0.39 is 0 Å². The smallest absolute Gasteiger partial charge is 0.0820 e. The minimum Gasteiger partial charge on any atom is -0.383 e. The maximum atomic E-state index is 6.21. The molecule has 2 heterocycles. The summed E-state index contributed by atoms with van der Waals surface area (Å²) in [5.41, 5.74) is 1.18. The first-order valence-corrected chi connectivity index (χ1v) is 6.11. The van der Waals surface area contributed by atoms with E-state index in [0.717, 1.165) is 37.5 Å². The molecule has 90 valence electrons. The minimum absolute atomic E-state index is 0.535. The Labute approximate surface area is 101 Å². The molecule has 0 atom stereocenters. The van der Waals surface area contributed by atoms with Crippen LogP contribution >= 0.6 is 11.6 Å². The summed E-state index contributed by atoms with van der Waals surface area (Å²) < 4.78 is 7.07. The first-order chi connectivity index (χ1) is 7.83. The highest BCUT2D eigenvalue weighted by atomic mass is 35.5. The van der Waals surface area contributed by atoms with Crippen molar-refractivity contribution in [3.8, 4) is 0 Å². The fourth-order valence-corrected chi connectivity index (χ4v) is 2.52. The van der Waals surface area contributed by atoms with Gasteiger partial charge >= 0.3 is 0 Å². The number of ether oxygens (including phenoxy) is 1. The first-order valence-electron chi connectivity index (χ1n) is 5.73. The van der Waals surface area contributed by atoms with E-state index in [4.69, 9.17) is 16.3 Å². The molecule has 0 amide bonds. The molecule has 1 aromatic heterocycles. The van der Waals surface area contributed by atoms with E-state index in [2.05, 4.69) is 10.4 Å². The second kappa shape index (κ2) is 5.66. The van der Waals surface area contributed by atoms with Gasteiger partial charge in [0.1, 0.15) is 0 Å². The highest BCUT2D eigenvalue weighted by Crippen LogP contribution is 2.30. The van der Waals surface area contributed by atoms with Crippen molar-refractivity contribution in [3.63, 3.8) is 0 Å². The van der Waals surface area contributed by atoms with Crippen molar-refractivity contribution >= 4 is 11.6 Å². The fourth-order valence-electron chi connectivity index (χ4n) is 2.23. The van der Waals surface area contributed by atoms with E-state index in [1.54, 1.807) is 13.3 Å². The van der Waals surface area contributed by atoms with Crippen molar-refractivity contribution in [2.24, 2.45) is 0 Å². The SMILES string of the molecule is COCCn1ncc(Cl)c1C1CCNCC1. The highest BCUT2D eigenvalue weighted by Gasteiger charge is 2.22. The fraction of sp³-hybridized carbons (Fsp3) is 0.727. The molecule has 0 unspecified atom stereocenters. The summed E-state index contributed by atoms with van der Waals surface area (Å²) in [5, 5.41) is 8.47. The number of piperidine rings is 1. The van der Waals surface area contributed by atoms with Crippen molar-refractivity contribution in [2.75, 3.05) is 26.8 Å². The van der Waals surface area contributed by atoms with Gasteiger partial charge in [-0.2, -0.15) is 5.10 Å². The zero-order valence-electron chi connectivity index (χ0n) is 9.58. The van der Waals surface area contributed by atoms with E-state index in [9.17, 15) is 0 Å². The minimum atomic E-state index is 0.535. The average Bonchev–Trinajstić information content (AvgIpc) is 2.69. The molecule has 1 aliphatic rings. The van der Waals surface area contributed by atoms with Crippen LogP contribution in [0.15, 0.2) is 6.20 Å². The van der Waals surface area contributed by atoms with Gasteiger partial charge in [-0.15, -0.1) is 0 Å². The molecule has 4 nitrogen and oxygen atoms in total. The lowest BCUT2D eigenvalue weighted by atomic mass is 9.94. The molecule has 1 N–H and O–H groups in total. The Morgan fingerprint density at radius 2 is 2.31 bits per heavy atom. The predicted molar refractivity (Wildman–Crippen MR) is 64.0 cm³/mol. The van der Waals surface area contributed by atoms with Crippen molar-refractivity contribution in [1.82, 2.24) is 15.1 Å². The maximum absolute atomic E-state index is 6.21. The Morgan fingerprint density at radius 1 is 1.56 bits per heavy atom. The number of halogens is 1. The maximum Gasteiger partial charge on any atom is 0.0820 e. The zero-order valence-corrected chi connectivity index (χ0v) is 10.3. The van der Waals surface area contributed by atoms with Crippen LogP contribution in [0.1, 0.15) is 24.5 Å². The third-order valence-corrected chi connectivity index (χ3v) is 3.36. The molecule has 0 saturated carbocycles. The van der Waals surface area contributed by atoms with Crippen molar-refractivity contribution < 1.29 is 4.74 Å². The summed E-state index contributed by atoms with van der Waals surface area (Å²) in [7, 11) is 1.70. The largest absolute Gasteiger partial charge is 0.383 e. The topological polar surface area (TPSA) is 39.1 Å². The summed E-state index contributed by atoms with van der Waals surface area (Å²) in [6.07, 6.45) is 4.02. The van der Waals surface area contributed by atoms with Crippen LogP contribution in [0.3, 0.4) is 0 Å². The van der Waals surface area contributed by atoms with Crippen molar-refractivity contribution in [3.05, 3.63) is 16.9 Å². The molecular formula is C11H18ClN3O. The van der Waals surface area contributed by atoms with Gasteiger partial charge in [-0.25, -0.2) is 0 Å². The molecule has 1 aromatic rings. The van der Waals surface area contributed by atoms with Gasteiger partial charge in [-0.3, -0.25) is 4.68 Å². The van der Waals surface area contributed by atoms with Gasteiger partial charge in [-0.1, -0.05) is 11.6 Å². The van der Waals surface area contributed by atoms with Crippen LogP contribution in [0.5, 0.6) is 0 Å². The molecule has 0 bridgehead atoms. The third kappa shape index (κ3) is 2.56. The van der Waals surface area contributed by atoms with E-state index in [-0.39, 0.29) is 0 Å². The molecule has 0 spiro atoms. The van der Waals surface area contributed by atoms with Gasteiger partial charge in [-0.05, 0) is 25.9 Å². The number of hydrogen-bond acceptors (Lipinski definition) is 3. The van der Waals surface area contributed by atoms with Gasteiger partial charge in [0.25, 0.3) is 0 Å². The van der Waals surface area contributed by atoms with Crippen LogP contribution < -0.4 is 5.32 Å². The number of nitrogens with zero attached hydrogens (tertiary/aromatic N) is 2.